The number of aromatic amines is 1. The molecule has 5 rings (SSSR count). The Labute approximate surface area is 213 Å². The molecule has 0 saturated carbocycles. The summed E-state index contributed by atoms with van der Waals surface area (Å²) in [6, 6.07) is 7.54. The summed E-state index contributed by atoms with van der Waals surface area (Å²) in [6.07, 6.45) is 7.74. The number of rotatable bonds is 10. The third-order valence-corrected chi connectivity index (χ3v) is 6.26. The van der Waals surface area contributed by atoms with Crippen LogP contribution in [0.4, 0.5) is 5.82 Å². The van der Waals surface area contributed by atoms with Crippen molar-refractivity contribution < 1.29 is 9.53 Å². The maximum absolute atomic E-state index is 12.9. The summed E-state index contributed by atoms with van der Waals surface area (Å²) in [5, 5.41) is 7.18. The van der Waals surface area contributed by atoms with E-state index in [0.717, 1.165) is 57.9 Å². The normalized spacial score (nSPS) is 12.2. The van der Waals surface area contributed by atoms with Crippen molar-refractivity contribution in [2.24, 2.45) is 0 Å². The summed E-state index contributed by atoms with van der Waals surface area (Å²) in [5.74, 6) is 0.419. The number of ether oxygens (including phenoxy) is 1. The lowest BCUT2D eigenvalue weighted by Gasteiger charge is -2.18. The van der Waals surface area contributed by atoms with Gasteiger partial charge in [0, 0.05) is 45.1 Å². The van der Waals surface area contributed by atoms with Gasteiger partial charge in [0.25, 0.3) is 5.91 Å². The topological polar surface area (TPSA) is 136 Å². The summed E-state index contributed by atoms with van der Waals surface area (Å²) in [5.41, 5.74) is 5.19. The van der Waals surface area contributed by atoms with Crippen LogP contribution in [0.5, 0.6) is 0 Å². The van der Waals surface area contributed by atoms with E-state index in [-0.39, 0.29) is 17.6 Å². The molecule has 1 atom stereocenters. The summed E-state index contributed by atoms with van der Waals surface area (Å²) in [4.78, 5) is 38.6. The predicted molar refractivity (Wildman–Crippen MR) is 141 cm³/mol. The molecule has 1 amide bonds. The molecule has 5 aromatic rings. The summed E-state index contributed by atoms with van der Waals surface area (Å²) in [6.45, 7) is 3.46. The molecule has 0 aliphatic carbocycles. The lowest BCUT2D eigenvalue weighted by Crippen LogP contribution is -2.30. The van der Waals surface area contributed by atoms with Crippen molar-refractivity contribution in [2.45, 2.75) is 32.4 Å². The van der Waals surface area contributed by atoms with Crippen molar-refractivity contribution in [1.82, 2.24) is 39.8 Å². The number of hydrogen-bond acceptors (Lipinski definition) is 8. The van der Waals surface area contributed by atoms with Crippen LogP contribution in [-0.2, 0) is 11.3 Å². The summed E-state index contributed by atoms with van der Waals surface area (Å²) >= 11 is 0. The first-order chi connectivity index (χ1) is 18.1. The largest absolute Gasteiger partial charge is 0.385 e. The molecule has 0 spiro atoms. The van der Waals surface area contributed by atoms with Crippen LogP contribution in [0.2, 0.25) is 0 Å². The third-order valence-electron chi connectivity index (χ3n) is 6.26. The highest BCUT2D eigenvalue weighted by Crippen LogP contribution is 2.32. The Hall–Kier alpha value is -4.38. The molecule has 0 saturated heterocycles. The number of methoxy groups -OCH3 is 1. The standard InChI is InChI=1S/C26H29N9O2/c1-4-35-15-30-22-23(35)16-13-20(32-24(16)34-25(22)27-2)19-8-5-7-17(31-19)18(9-6-12-37-3)33-26(36)21-14-28-10-11-29-21/h5,7-8,10-11,13-15,18H,4,6,9,12H2,1-3H3,(H,33,36)(H2,27,32,34)/t18-/m0/s1. The van der Waals surface area contributed by atoms with Gasteiger partial charge in [-0.2, -0.15) is 0 Å². The molecular weight excluding hydrogens is 470 g/mol. The van der Waals surface area contributed by atoms with Gasteiger partial charge in [-0.25, -0.2) is 19.9 Å². The second-order valence-corrected chi connectivity index (χ2v) is 8.58. The number of carbonyl (C=O) groups excluding carboxylic acids is 1. The average molecular weight is 500 g/mol. The molecule has 0 fully saturated rings. The Kier molecular flexibility index (Phi) is 7.04. The van der Waals surface area contributed by atoms with Gasteiger partial charge in [0.2, 0.25) is 0 Å². The number of anilines is 1. The molecule has 11 heteroatoms. The molecule has 11 nitrogen and oxygen atoms in total. The van der Waals surface area contributed by atoms with E-state index < -0.39 is 0 Å². The van der Waals surface area contributed by atoms with E-state index in [4.69, 9.17) is 14.7 Å². The van der Waals surface area contributed by atoms with Crippen molar-refractivity contribution in [1.29, 1.82) is 0 Å². The van der Waals surface area contributed by atoms with Crippen molar-refractivity contribution in [3.05, 3.63) is 60.6 Å². The maximum atomic E-state index is 12.9. The number of H-pyrrole nitrogens is 1. The fourth-order valence-electron chi connectivity index (χ4n) is 4.44. The zero-order chi connectivity index (χ0) is 25.8. The lowest BCUT2D eigenvalue weighted by molar-refractivity contribution is 0.0924. The number of fused-ring (bicyclic) bond motifs is 3. The van der Waals surface area contributed by atoms with Crippen LogP contribution >= 0.6 is 0 Å². The van der Waals surface area contributed by atoms with Crippen LogP contribution in [-0.4, -0.2) is 61.1 Å². The van der Waals surface area contributed by atoms with Gasteiger partial charge >= 0.3 is 0 Å². The van der Waals surface area contributed by atoms with Gasteiger partial charge in [-0.1, -0.05) is 6.07 Å². The van der Waals surface area contributed by atoms with Gasteiger partial charge in [-0.15, -0.1) is 0 Å². The van der Waals surface area contributed by atoms with E-state index in [2.05, 4.69) is 48.1 Å². The van der Waals surface area contributed by atoms with Gasteiger partial charge in [-0.3, -0.25) is 9.78 Å². The van der Waals surface area contributed by atoms with E-state index in [1.807, 2.05) is 31.6 Å². The minimum Gasteiger partial charge on any atom is -0.385 e. The highest BCUT2D eigenvalue weighted by atomic mass is 16.5. The predicted octanol–water partition coefficient (Wildman–Crippen LogP) is 3.72. The Balaban J connectivity index is 1.51. The Morgan fingerprint density at radius 1 is 1.22 bits per heavy atom. The highest BCUT2D eigenvalue weighted by Gasteiger charge is 2.20. The minimum atomic E-state index is -0.323. The second-order valence-electron chi connectivity index (χ2n) is 8.58. The molecule has 37 heavy (non-hydrogen) atoms. The SMILES string of the molecule is CCn1cnc2c(NC)nc3[nH]c(-c4cccc([C@H](CCCOC)NC(=O)c5cnccn5)n4)cc3c21. The fraction of sp³-hybridized carbons (Fsp3) is 0.308. The lowest BCUT2D eigenvalue weighted by atomic mass is 10.1. The van der Waals surface area contributed by atoms with Crippen LogP contribution < -0.4 is 10.6 Å². The van der Waals surface area contributed by atoms with Gasteiger partial charge in [0.15, 0.2) is 5.82 Å². The van der Waals surface area contributed by atoms with Gasteiger partial charge in [0.05, 0.1) is 41.2 Å². The van der Waals surface area contributed by atoms with Crippen LogP contribution in [0, 0.1) is 0 Å². The van der Waals surface area contributed by atoms with Gasteiger partial charge in [-0.05, 0) is 38.0 Å². The fourth-order valence-corrected chi connectivity index (χ4v) is 4.44. The Morgan fingerprint density at radius 3 is 2.86 bits per heavy atom. The number of aromatic nitrogens is 7. The first kappa shape index (κ1) is 24.3. The van der Waals surface area contributed by atoms with Crippen LogP contribution in [0.25, 0.3) is 33.5 Å². The zero-order valence-electron chi connectivity index (χ0n) is 21.0. The maximum Gasteiger partial charge on any atom is 0.272 e. The molecule has 5 aromatic heterocycles. The number of hydrogen-bond donors (Lipinski definition) is 3. The van der Waals surface area contributed by atoms with E-state index >= 15 is 0 Å². The number of imidazole rings is 1. The number of carbonyl (C=O) groups is 1. The van der Waals surface area contributed by atoms with E-state index in [1.54, 1.807) is 7.11 Å². The van der Waals surface area contributed by atoms with Crippen LogP contribution in [0.3, 0.4) is 0 Å². The van der Waals surface area contributed by atoms with Gasteiger partial charge in [0.1, 0.15) is 16.9 Å². The number of pyridine rings is 2. The molecule has 5 heterocycles. The molecular formula is C26H29N9O2. The first-order valence-corrected chi connectivity index (χ1v) is 12.2. The average Bonchev–Trinajstić information content (AvgIpc) is 3.57. The highest BCUT2D eigenvalue weighted by molar-refractivity contribution is 6.07. The van der Waals surface area contributed by atoms with Gasteiger partial charge < -0.3 is 24.9 Å². The molecule has 190 valence electrons. The summed E-state index contributed by atoms with van der Waals surface area (Å²) < 4.78 is 7.34. The van der Waals surface area contributed by atoms with Crippen molar-refractivity contribution in [3.8, 4) is 11.4 Å². The number of amides is 1. The zero-order valence-corrected chi connectivity index (χ0v) is 21.0. The molecule has 0 bridgehead atoms. The monoisotopic (exact) mass is 499 g/mol. The Morgan fingerprint density at radius 2 is 2.11 bits per heavy atom. The van der Waals surface area contributed by atoms with Crippen LogP contribution in [0.1, 0.15) is 42.0 Å². The van der Waals surface area contributed by atoms with E-state index in [9.17, 15) is 4.79 Å². The molecule has 0 unspecified atom stereocenters. The third kappa shape index (κ3) is 4.85. The molecule has 3 N–H and O–H groups in total. The molecule has 0 aromatic carbocycles. The van der Waals surface area contributed by atoms with Crippen molar-refractivity contribution in [2.75, 3.05) is 26.1 Å². The smallest absolute Gasteiger partial charge is 0.272 e. The Bertz CT molecular complexity index is 1530. The first-order valence-electron chi connectivity index (χ1n) is 12.2. The number of aryl methyl sites for hydroxylation is 1. The number of nitrogens with zero attached hydrogens (tertiary/aromatic N) is 6. The van der Waals surface area contributed by atoms with Crippen LogP contribution in [0.15, 0.2) is 49.2 Å². The summed E-state index contributed by atoms with van der Waals surface area (Å²) in [7, 11) is 3.50. The minimum absolute atomic E-state index is 0.258. The van der Waals surface area contributed by atoms with E-state index in [0.29, 0.717) is 13.0 Å². The molecule has 0 aliphatic rings. The van der Waals surface area contributed by atoms with Crippen molar-refractivity contribution >= 4 is 33.8 Å². The van der Waals surface area contributed by atoms with Crippen molar-refractivity contribution in [3.63, 3.8) is 0 Å². The quantitative estimate of drug-likeness (QED) is 0.247. The number of nitrogens with one attached hydrogen (secondary N) is 3. The second kappa shape index (κ2) is 10.7. The van der Waals surface area contributed by atoms with E-state index in [1.165, 1.54) is 18.6 Å². The molecule has 0 aliphatic heterocycles. The molecule has 0 radical (unpaired) electrons.